The van der Waals surface area contributed by atoms with E-state index in [1.54, 1.807) is 37.3 Å². The van der Waals surface area contributed by atoms with E-state index in [2.05, 4.69) is 15.4 Å². The zero-order valence-corrected chi connectivity index (χ0v) is 11.0. The number of carbonyl (C=O) groups excluding carboxylic acids is 2. The second-order valence-corrected chi connectivity index (χ2v) is 3.81. The van der Waals surface area contributed by atoms with Crippen molar-refractivity contribution in [2.24, 2.45) is 0 Å². The van der Waals surface area contributed by atoms with Crippen LogP contribution in [-0.2, 0) is 14.3 Å². The number of carboxylic acid groups (broad SMARTS) is 1. The predicted octanol–water partition coefficient (Wildman–Crippen LogP) is 0.675. The number of carboxylic acids is 1. The second kappa shape index (κ2) is 7.78. The molecule has 0 aromatic heterocycles. The lowest BCUT2D eigenvalue weighted by Crippen LogP contribution is -2.43. The molecule has 1 rings (SSSR count). The molecule has 1 atom stereocenters. The Morgan fingerprint density at radius 2 is 1.90 bits per heavy atom. The third-order valence-corrected chi connectivity index (χ3v) is 2.35. The molecule has 0 radical (unpaired) electrons. The van der Waals surface area contributed by atoms with Crippen molar-refractivity contribution in [3.8, 4) is 0 Å². The summed E-state index contributed by atoms with van der Waals surface area (Å²) in [6.07, 6.45) is 0. The van der Waals surface area contributed by atoms with Crippen molar-refractivity contribution in [2.45, 2.75) is 13.0 Å². The van der Waals surface area contributed by atoms with Crippen LogP contribution < -0.4 is 10.6 Å². The van der Waals surface area contributed by atoms with Gasteiger partial charge in [-0.1, -0.05) is 30.3 Å². The van der Waals surface area contributed by atoms with Gasteiger partial charge in [-0.15, -0.1) is 0 Å². The molecule has 20 heavy (non-hydrogen) atoms. The highest BCUT2D eigenvalue weighted by atomic mass is 16.5. The van der Waals surface area contributed by atoms with E-state index >= 15 is 0 Å². The fourth-order valence-corrected chi connectivity index (χ4v) is 1.48. The molecule has 0 saturated carbocycles. The Kier molecular flexibility index (Phi) is 6.02. The summed E-state index contributed by atoms with van der Waals surface area (Å²) in [4.78, 5) is 33.7. The lowest BCUT2D eigenvalue weighted by atomic mass is 10.1. The Morgan fingerprint density at radius 3 is 2.45 bits per heavy atom. The molecule has 7 nitrogen and oxygen atoms in total. The normalized spacial score (nSPS) is 11.2. The number of esters is 1. The minimum atomic E-state index is -1.19. The van der Waals surface area contributed by atoms with E-state index < -0.39 is 24.0 Å². The van der Waals surface area contributed by atoms with Crippen molar-refractivity contribution in [1.82, 2.24) is 10.6 Å². The van der Waals surface area contributed by atoms with Gasteiger partial charge in [-0.25, -0.2) is 9.59 Å². The monoisotopic (exact) mass is 280 g/mol. The molecular weight excluding hydrogens is 264 g/mol. The minimum absolute atomic E-state index is 0.212. The largest absolute Gasteiger partial charge is 0.479 e. The van der Waals surface area contributed by atoms with Crippen molar-refractivity contribution in [3.63, 3.8) is 0 Å². The Bertz CT molecular complexity index is 475. The van der Waals surface area contributed by atoms with Crippen LogP contribution >= 0.6 is 0 Å². The van der Waals surface area contributed by atoms with E-state index in [1.807, 2.05) is 0 Å². The molecule has 2 amide bonds. The number of rotatable bonds is 6. The first-order chi connectivity index (χ1) is 9.54. The lowest BCUT2D eigenvalue weighted by molar-refractivity contribution is -0.141. The Balaban J connectivity index is 2.57. The molecule has 0 heterocycles. The van der Waals surface area contributed by atoms with Gasteiger partial charge in [0, 0.05) is 0 Å². The van der Waals surface area contributed by atoms with E-state index in [1.165, 1.54) is 0 Å². The van der Waals surface area contributed by atoms with Crippen molar-refractivity contribution in [3.05, 3.63) is 35.9 Å². The molecule has 7 heteroatoms. The number of urea groups is 1. The van der Waals surface area contributed by atoms with Gasteiger partial charge in [0.25, 0.3) is 0 Å². The molecule has 1 aromatic carbocycles. The molecule has 0 saturated heterocycles. The van der Waals surface area contributed by atoms with E-state index in [4.69, 9.17) is 5.11 Å². The van der Waals surface area contributed by atoms with Crippen molar-refractivity contribution in [2.75, 3.05) is 13.2 Å². The molecule has 1 aromatic rings. The summed E-state index contributed by atoms with van der Waals surface area (Å²) < 4.78 is 4.63. The van der Waals surface area contributed by atoms with Crippen LogP contribution in [0.15, 0.2) is 30.3 Å². The molecule has 0 unspecified atom stereocenters. The van der Waals surface area contributed by atoms with Crippen LogP contribution in [0.4, 0.5) is 4.79 Å². The Morgan fingerprint density at radius 1 is 1.25 bits per heavy atom. The number of benzene rings is 1. The number of hydrogen-bond donors (Lipinski definition) is 3. The fourth-order valence-electron chi connectivity index (χ4n) is 1.48. The lowest BCUT2D eigenvalue weighted by Gasteiger charge is -2.15. The van der Waals surface area contributed by atoms with Crippen LogP contribution in [-0.4, -0.2) is 36.2 Å². The molecule has 0 bridgehead atoms. The second-order valence-electron chi connectivity index (χ2n) is 3.81. The van der Waals surface area contributed by atoms with Crippen molar-refractivity contribution < 1.29 is 24.2 Å². The molecule has 0 aliphatic heterocycles. The van der Waals surface area contributed by atoms with Gasteiger partial charge in [0.05, 0.1) is 6.61 Å². The third kappa shape index (κ3) is 4.97. The van der Waals surface area contributed by atoms with E-state index in [0.29, 0.717) is 5.56 Å². The highest BCUT2D eigenvalue weighted by Crippen LogP contribution is 2.12. The fraction of sp³-hybridized carbons (Fsp3) is 0.308. The van der Waals surface area contributed by atoms with Crippen molar-refractivity contribution >= 4 is 18.0 Å². The summed E-state index contributed by atoms with van der Waals surface area (Å²) >= 11 is 0. The SMILES string of the molecule is CCOC(=O)CNC(=O)N[C@@H](C(=O)O)c1ccccc1. The number of ether oxygens (including phenoxy) is 1. The summed E-state index contributed by atoms with van der Waals surface area (Å²) in [5, 5.41) is 13.6. The summed E-state index contributed by atoms with van der Waals surface area (Å²) in [5.74, 6) is -1.78. The Hall–Kier alpha value is -2.57. The number of carbonyl (C=O) groups is 3. The first-order valence-corrected chi connectivity index (χ1v) is 6.02. The molecule has 3 N–H and O–H groups in total. The van der Waals surface area contributed by atoms with Crippen LogP contribution in [0.3, 0.4) is 0 Å². The number of nitrogens with one attached hydrogen (secondary N) is 2. The summed E-state index contributed by atoms with van der Waals surface area (Å²) in [7, 11) is 0. The van der Waals surface area contributed by atoms with Gasteiger partial charge in [0.15, 0.2) is 6.04 Å². The van der Waals surface area contributed by atoms with E-state index in [-0.39, 0.29) is 13.2 Å². The molecular formula is C13H16N2O5. The summed E-state index contributed by atoms with van der Waals surface area (Å²) in [6, 6.07) is 6.32. The zero-order valence-electron chi connectivity index (χ0n) is 11.0. The first-order valence-electron chi connectivity index (χ1n) is 6.02. The maximum Gasteiger partial charge on any atom is 0.330 e. The quantitative estimate of drug-likeness (QED) is 0.664. The average molecular weight is 280 g/mol. The summed E-state index contributed by atoms with van der Waals surface area (Å²) in [6.45, 7) is 1.54. The number of amides is 2. The minimum Gasteiger partial charge on any atom is -0.479 e. The van der Waals surface area contributed by atoms with Gasteiger partial charge in [-0.3, -0.25) is 4.79 Å². The smallest absolute Gasteiger partial charge is 0.330 e. The standard InChI is InChI=1S/C13H16N2O5/c1-2-20-10(16)8-14-13(19)15-11(12(17)18)9-6-4-3-5-7-9/h3-7,11H,2,8H2,1H3,(H,17,18)(H2,14,15,19)/t11-/m1/s1. The first kappa shape index (κ1) is 15.5. The third-order valence-electron chi connectivity index (χ3n) is 2.35. The van der Waals surface area contributed by atoms with Gasteiger partial charge < -0.3 is 20.5 Å². The zero-order chi connectivity index (χ0) is 15.0. The van der Waals surface area contributed by atoms with Crippen molar-refractivity contribution in [1.29, 1.82) is 0 Å². The number of hydrogen-bond acceptors (Lipinski definition) is 4. The van der Waals surface area contributed by atoms with Gasteiger partial charge in [0.2, 0.25) is 0 Å². The van der Waals surface area contributed by atoms with Gasteiger partial charge in [-0.2, -0.15) is 0 Å². The van der Waals surface area contributed by atoms with E-state index in [0.717, 1.165) is 0 Å². The van der Waals surface area contributed by atoms with Crippen LogP contribution in [0, 0.1) is 0 Å². The van der Waals surface area contributed by atoms with Gasteiger partial charge in [-0.05, 0) is 12.5 Å². The van der Waals surface area contributed by atoms with Crippen LogP contribution in [0.25, 0.3) is 0 Å². The summed E-state index contributed by atoms with van der Waals surface area (Å²) in [5.41, 5.74) is 0.436. The maximum absolute atomic E-state index is 11.5. The van der Waals surface area contributed by atoms with Crippen LogP contribution in [0.1, 0.15) is 18.5 Å². The molecule has 108 valence electrons. The van der Waals surface area contributed by atoms with Crippen LogP contribution in [0.2, 0.25) is 0 Å². The van der Waals surface area contributed by atoms with Gasteiger partial charge >= 0.3 is 18.0 Å². The van der Waals surface area contributed by atoms with E-state index in [9.17, 15) is 14.4 Å². The highest BCUT2D eigenvalue weighted by molar-refractivity contribution is 5.85. The molecule has 0 spiro atoms. The maximum atomic E-state index is 11.5. The topological polar surface area (TPSA) is 105 Å². The Labute approximate surface area is 115 Å². The predicted molar refractivity (Wildman–Crippen MR) is 70.0 cm³/mol. The van der Waals surface area contributed by atoms with Gasteiger partial charge in [0.1, 0.15) is 6.54 Å². The molecule has 0 aliphatic rings. The number of aliphatic carboxylic acids is 1. The molecule has 0 fully saturated rings. The highest BCUT2D eigenvalue weighted by Gasteiger charge is 2.21. The molecule has 0 aliphatic carbocycles. The average Bonchev–Trinajstić information content (AvgIpc) is 2.43. The van der Waals surface area contributed by atoms with Crippen LogP contribution in [0.5, 0.6) is 0 Å².